The summed E-state index contributed by atoms with van der Waals surface area (Å²) in [6.45, 7) is 0.135. The van der Waals surface area contributed by atoms with Gasteiger partial charge in [-0.15, -0.1) is 0 Å². The van der Waals surface area contributed by atoms with Crippen molar-refractivity contribution in [3.8, 4) is 11.3 Å². The van der Waals surface area contributed by atoms with Crippen molar-refractivity contribution < 1.29 is 17.6 Å². The number of hydrogen-bond donors (Lipinski definition) is 1. The van der Waals surface area contributed by atoms with Crippen LogP contribution < -0.4 is 5.32 Å². The van der Waals surface area contributed by atoms with Gasteiger partial charge in [0, 0.05) is 28.9 Å². The highest BCUT2D eigenvalue weighted by atomic mass is 35.5. The van der Waals surface area contributed by atoms with E-state index in [4.69, 9.17) is 11.6 Å². The maximum absolute atomic E-state index is 14.4. The molecule has 2 heterocycles. The number of carbonyl (C=O) groups excluding carboxylic acids is 1. The third-order valence-electron chi connectivity index (χ3n) is 4.23. The minimum Gasteiger partial charge on any atom is -0.348 e. The molecule has 0 radical (unpaired) electrons. The fourth-order valence-corrected chi connectivity index (χ4v) is 4.73. The van der Waals surface area contributed by atoms with Crippen LogP contribution in [0.15, 0.2) is 59.6 Å². The van der Waals surface area contributed by atoms with Crippen LogP contribution in [0, 0.1) is 5.82 Å². The van der Waals surface area contributed by atoms with E-state index in [-0.39, 0.29) is 33.3 Å². The van der Waals surface area contributed by atoms with Crippen molar-refractivity contribution in [2.75, 3.05) is 0 Å². The molecule has 3 aromatic rings. The topological polar surface area (TPSA) is 68.2 Å². The molecule has 4 rings (SSSR count). The Morgan fingerprint density at radius 1 is 1.08 bits per heavy atom. The molecule has 26 heavy (non-hydrogen) atoms. The average Bonchev–Trinajstić information content (AvgIpc) is 3.16. The molecule has 0 spiro atoms. The predicted octanol–water partition coefficient (Wildman–Crippen LogP) is 3.43. The Hall–Kier alpha value is -2.64. The van der Waals surface area contributed by atoms with Gasteiger partial charge in [0.2, 0.25) is 0 Å². The Morgan fingerprint density at radius 3 is 2.58 bits per heavy atom. The Morgan fingerprint density at radius 2 is 1.85 bits per heavy atom. The Balaban J connectivity index is 2.03. The fourth-order valence-electron chi connectivity index (χ4n) is 3.02. The third-order valence-corrected chi connectivity index (χ3v) is 6.12. The van der Waals surface area contributed by atoms with E-state index in [1.165, 1.54) is 42.6 Å². The van der Waals surface area contributed by atoms with Crippen LogP contribution in [0.25, 0.3) is 11.3 Å². The molecule has 1 N–H and O–H groups in total. The summed E-state index contributed by atoms with van der Waals surface area (Å²) >= 11 is 5.92. The minimum absolute atomic E-state index is 0.0447. The van der Waals surface area contributed by atoms with Gasteiger partial charge in [-0.1, -0.05) is 29.8 Å². The largest absolute Gasteiger partial charge is 0.348 e. The first kappa shape index (κ1) is 16.8. The van der Waals surface area contributed by atoms with Crippen molar-refractivity contribution in [2.24, 2.45) is 0 Å². The zero-order chi connectivity index (χ0) is 18.5. The fraction of sp³-hybridized carbons (Fsp3) is 0.0556. The molecule has 0 saturated carbocycles. The van der Waals surface area contributed by atoms with Crippen molar-refractivity contribution in [1.82, 2.24) is 9.29 Å². The molecular weight excluding hydrogens is 379 g/mol. The van der Waals surface area contributed by atoms with Crippen molar-refractivity contribution in [3.05, 3.63) is 76.7 Å². The number of rotatable bonds is 3. The Kier molecular flexibility index (Phi) is 3.86. The molecule has 132 valence electrons. The summed E-state index contributed by atoms with van der Waals surface area (Å²) in [7, 11) is -4.07. The molecule has 1 aliphatic heterocycles. The molecule has 0 unspecified atom stereocenters. The predicted molar refractivity (Wildman–Crippen MR) is 95.0 cm³/mol. The number of nitrogens with one attached hydrogen (secondary N) is 1. The summed E-state index contributed by atoms with van der Waals surface area (Å²) in [5.41, 5.74) is 0.909. The highest BCUT2D eigenvalue weighted by molar-refractivity contribution is 7.90. The number of fused-ring (bicyclic) bond motifs is 1. The molecule has 0 aliphatic carbocycles. The van der Waals surface area contributed by atoms with Gasteiger partial charge in [0.1, 0.15) is 5.82 Å². The molecule has 1 aromatic heterocycles. The second-order valence-corrected chi connectivity index (χ2v) is 8.04. The highest BCUT2D eigenvalue weighted by Gasteiger charge is 2.32. The van der Waals surface area contributed by atoms with E-state index in [1.54, 1.807) is 12.1 Å². The standard InChI is InChI=1S/C18H12ClFN2O3S/c19-11-4-3-5-12(8-11)26(24,25)22-10-15-14(9-21-18(15)23)17(22)13-6-1-2-7-16(13)20/h1-8,10H,9H2,(H,21,23). The SMILES string of the molecule is O=C1NCc2c1cn(S(=O)(=O)c1cccc(Cl)c1)c2-c1ccccc1F. The molecule has 1 aliphatic rings. The monoisotopic (exact) mass is 390 g/mol. The number of benzene rings is 2. The van der Waals surface area contributed by atoms with Crippen LogP contribution in [0.5, 0.6) is 0 Å². The molecule has 5 nitrogen and oxygen atoms in total. The van der Waals surface area contributed by atoms with E-state index in [0.717, 1.165) is 3.97 Å². The molecule has 2 aromatic carbocycles. The maximum atomic E-state index is 14.4. The van der Waals surface area contributed by atoms with E-state index >= 15 is 0 Å². The molecule has 0 saturated heterocycles. The van der Waals surface area contributed by atoms with Gasteiger partial charge >= 0.3 is 0 Å². The lowest BCUT2D eigenvalue weighted by atomic mass is 10.1. The Bertz CT molecular complexity index is 1150. The number of carbonyl (C=O) groups is 1. The van der Waals surface area contributed by atoms with Crippen LogP contribution in [0.2, 0.25) is 5.02 Å². The van der Waals surface area contributed by atoms with Gasteiger partial charge in [0.05, 0.1) is 16.2 Å². The number of hydrogen-bond acceptors (Lipinski definition) is 3. The lowest BCUT2D eigenvalue weighted by Gasteiger charge is -2.13. The van der Waals surface area contributed by atoms with Gasteiger partial charge in [0.15, 0.2) is 0 Å². The van der Waals surface area contributed by atoms with E-state index < -0.39 is 21.7 Å². The summed E-state index contributed by atoms with van der Waals surface area (Å²) in [6.07, 6.45) is 1.23. The van der Waals surface area contributed by atoms with Crippen LogP contribution in [-0.2, 0) is 16.6 Å². The summed E-state index contributed by atoms with van der Waals surface area (Å²) < 4.78 is 41.7. The molecule has 0 fully saturated rings. The van der Waals surface area contributed by atoms with E-state index in [2.05, 4.69) is 5.32 Å². The van der Waals surface area contributed by atoms with Gasteiger partial charge in [0.25, 0.3) is 15.9 Å². The highest BCUT2D eigenvalue weighted by Crippen LogP contribution is 2.35. The number of halogens is 2. The lowest BCUT2D eigenvalue weighted by Crippen LogP contribution is -2.18. The van der Waals surface area contributed by atoms with Gasteiger partial charge in [-0.25, -0.2) is 16.8 Å². The van der Waals surface area contributed by atoms with Crippen LogP contribution >= 0.6 is 11.6 Å². The zero-order valence-corrected chi connectivity index (χ0v) is 14.8. The normalized spacial score (nSPS) is 13.5. The van der Waals surface area contributed by atoms with Crippen LogP contribution in [0.1, 0.15) is 15.9 Å². The summed E-state index contributed by atoms with van der Waals surface area (Å²) in [6, 6.07) is 11.6. The zero-order valence-electron chi connectivity index (χ0n) is 13.2. The molecular formula is C18H12ClFN2O3S. The van der Waals surface area contributed by atoms with Crippen LogP contribution in [0.4, 0.5) is 4.39 Å². The summed E-state index contributed by atoms with van der Waals surface area (Å²) in [5.74, 6) is -0.965. The minimum atomic E-state index is -4.07. The average molecular weight is 391 g/mol. The Labute approximate surface area is 154 Å². The van der Waals surface area contributed by atoms with Crippen molar-refractivity contribution >= 4 is 27.5 Å². The summed E-state index contributed by atoms with van der Waals surface area (Å²) in [5, 5.41) is 2.89. The van der Waals surface area contributed by atoms with Gasteiger partial charge in [-0.2, -0.15) is 0 Å². The van der Waals surface area contributed by atoms with Crippen LogP contribution in [0.3, 0.4) is 0 Å². The number of nitrogens with zero attached hydrogens (tertiary/aromatic N) is 1. The van der Waals surface area contributed by atoms with Crippen molar-refractivity contribution in [1.29, 1.82) is 0 Å². The lowest BCUT2D eigenvalue weighted by molar-refractivity contribution is 0.0965. The molecule has 8 heteroatoms. The van der Waals surface area contributed by atoms with E-state index in [0.29, 0.717) is 5.56 Å². The summed E-state index contributed by atoms with van der Waals surface area (Å²) in [4.78, 5) is 12.0. The second kappa shape index (κ2) is 5.96. The number of amides is 1. The first-order valence-corrected chi connectivity index (χ1v) is 9.50. The quantitative estimate of drug-likeness (QED) is 0.745. The molecule has 1 amide bonds. The van der Waals surface area contributed by atoms with Gasteiger partial charge < -0.3 is 5.32 Å². The van der Waals surface area contributed by atoms with Crippen molar-refractivity contribution in [3.63, 3.8) is 0 Å². The van der Waals surface area contributed by atoms with E-state index in [1.807, 2.05) is 0 Å². The van der Waals surface area contributed by atoms with Gasteiger partial charge in [-0.05, 0) is 30.3 Å². The third kappa shape index (κ3) is 2.51. The first-order valence-electron chi connectivity index (χ1n) is 7.68. The molecule has 0 bridgehead atoms. The number of aromatic nitrogens is 1. The first-order chi connectivity index (χ1) is 12.4. The van der Waals surface area contributed by atoms with E-state index in [9.17, 15) is 17.6 Å². The molecule has 0 atom stereocenters. The smallest absolute Gasteiger partial charge is 0.268 e. The van der Waals surface area contributed by atoms with Crippen molar-refractivity contribution in [2.45, 2.75) is 11.4 Å². The van der Waals surface area contributed by atoms with Gasteiger partial charge in [-0.3, -0.25) is 4.79 Å². The second-order valence-electron chi connectivity index (χ2n) is 5.79. The maximum Gasteiger partial charge on any atom is 0.268 e. The van der Waals surface area contributed by atoms with Crippen LogP contribution in [-0.4, -0.2) is 18.3 Å².